The largest absolute Gasteiger partial charge is 0.502 e. The second-order valence-corrected chi connectivity index (χ2v) is 9.74. The molecule has 2 aliphatic heterocycles. The van der Waals surface area contributed by atoms with Crippen LogP contribution in [0.3, 0.4) is 0 Å². The van der Waals surface area contributed by atoms with Crippen molar-refractivity contribution in [1.82, 2.24) is 9.58 Å². The number of rotatable bonds is 3. The number of nitrogens with zero attached hydrogens (tertiary/aromatic N) is 3. The van der Waals surface area contributed by atoms with Gasteiger partial charge in [0.2, 0.25) is 5.43 Å². The van der Waals surface area contributed by atoms with Crippen molar-refractivity contribution in [2.45, 2.75) is 35.8 Å². The molecule has 2 aromatic carbocycles. The van der Waals surface area contributed by atoms with Crippen LogP contribution >= 0.6 is 11.8 Å². The van der Waals surface area contributed by atoms with Gasteiger partial charge in [-0.25, -0.2) is 4.79 Å². The van der Waals surface area contributed by atoms with Crippen molar-refractivity contribution < 1.29 is 33.0 Å². The number of carboxylic acid groups (broad SMARTS) is 1. The van der Waals surface area contributed by atoms with Crippen LogP contribution < -0.4 is 10.4 Å². The number of carboxylic acids is 1. The minimum absolute atomic E-state index is 0.526. The van der Waals surface area contributed by atoms with Crippen LogP contribution in [0.15, 0.2) is 64.4 Å². The molecule has 0 saturated carbocycles. The number of carbonyl (C=O) groups is 2. The Morgan fingerprint density at radius 1 is 1.08 bits per heavy atom. The molecule has 8 nitrogen and oxygen atoms in total. The van der Waals surface area contributed by atoms with Crippen molar-refractivity contribution in [1.29, 1.82) is 0 Å². The average molecular weight is 532 g/mol. The summed E-state index contributed by atoms with van der Waals surface area (Å²) in [7, 11) is 0. The number of aromatic hydroxyl groups is 1. The Bertz CT molecular complexity index is 1440. The first kappa shape index (κ1) is 24.8. The maximum absolute atomic E-state index is 13.8. The van der Waals surface area contributed by atoms with E-state index in [9.17, 15) is 37.8 Å². The number of alkyl halides is 3. The highest BCUT2D eigenvalue weighted by atomic mass is 32.2. The molecule has 37 heavy (non-hydrogen) atoms. The minimum atomic E-state index is -4.80. The predicted molar refractivity (Wildman–Crippen MR) is 128 cm³/mol. The number of fused-ring (bicyclic) bond motifs is 3. The van der Waals surface area contributed by atoms with Crippen molar-refractivity contribution in [3.05, 3.63) is 92.9 Å². The Kier molecular flexibility index (Phi) is 5.94. The van der Waals surface area contributed by atoms with Crippen LogP contribution in [0.5, 0.6) is 5.75 Å². The van der Waals surface area contributed by atoms with Crippen molar-refractivity contribution in [3.63, 3.8) is 0 Å². The molecule has 2 atom stereocenters. The summed E-state index contributed by atoms with van der Waals surface area (Å²) < 4.78 is 42.5. The first-order valence-electron chi connectivity index (χ1n) is 11.2. The molecule has 1 amide bonds. The van der Waals surface area contributed by atoms with Gasteiger partial charge in [0, 0.05) is 16.8 Å². The highest BCUT2D eigenvalue weighted by Crippen LogP contribution is 2.43. The van der Waals surface area contributed by atoms with Crippen LogP contribution in [0.25, 0.3) is 0 Å². The average Bonchev–Trinajstić information content (AvgIpc) is 3.02. The lowest BCUT2D eigenvalue weighted by atomic mass is 9.94. The van der Waals surface area contributed by atoms with E-state index in [4.69, 9.17) is 0 Å². The standard InChI is InChI=1S/C25H20F3N3O5S/c1-13(25(26,27)28)29-12-31(30-10-17(24(35)36)21(32)22(33)20(30)23(29)34)19-15-7-3-2-6-14(15)11-37-18-9-5-4-8-16(18)19/h2-10,13,19,33H,11-12H2,1H3,(H,35,36)/t13-,19+/m1/s1. The molecule has 0 aliphatic carbocycles. The molecule has 5 rings (SSSR count). The van der Waals surface area contributed by atoms with Gasteiger partial charge in [-0.3, -0.25) is 19.3 Å². The lowest BCUT2D eigenvalue weighted by Gasteiger charge is -2.46. The molecule has 12 heteroatoms. The molecule has 3 aromatic rings. The quantitative estimate of drug-likeness (QED) is 0.528. The lowest BCUT2D eigenvalue weighted by Crippen LogP contribution is -2.60. The van der Waals surface area contributed by atoms with Gasteiger partial charge in [-0.2, -0.15) is 13.2 Å². The van der Waals surface area contributed by atoms with E-state index in [-0.39, 0.29) is 0 Å². The molecule has 0 spiro atoms. The molecule has 192 valence electrons. The summed E-state index contributed by atoms with van der Waals surface area (Å²) in [6.45, 7) is 0.225. The molecule has 0 saturated heterocycles. The summed E-state index contributed by atoms with van der Waals surface area (Å²) in [4.78, 5) is 39.0. The van der Waals surface area contributed by atoms with E-state index >= 15 is 0 Å². The molecule has 2 N–H and O–H groups in total. The highest BCUT2D eigenvalue weighted by Gasteiger charge is 2.48. The zero-order valence-corrected chi connectivity index (χ0v) is 20.1. The van der Waals surface area contributed by atoms with Gasteiger partial charge in [0.25, 0.3) is 5.91 Å². The second kappa shape index (κ2) is 8.87. The van der Waals surface area contributed by atoms with Crippen LogP contribution in [0, 0.1) is 0 Å². The summed E-state index contributed by atoms with van der Waals surface area (Å²) in [5.41, 5.74) is -0.565. The normalized spacial score (nSPS) is 17.9. The molecular weight excluding hydrogens is 511 g/mol. The number of pyridine rings is 1. The number of hydrogen-bond acceptors (Lipinski definition) is 6. The first-order valence-corrected chi connectivity index (χ1v) is 12.1. The number of halogens is 3. The molecule has 0 unspecified atom stereocenters. The van der Waals surface area contributed by atoms with E-state index in [2.05, 4.69) is 0 Å². The van der Waals surface area contributed by atoms with Gasteiger partial charge < -0.3 is 15.1 Å². The van der Waals surface area contributed by atoms with Gasteiger partial charge in [0.05, 0.1) is 6.04 Å². The van der Waals surface area contributed by atoms with Crippen molar-refractivity contribution >= 4 is 23.6 Å². The van der Waals surface area contributed by atoms with Gasteiger partial charge >= 0.3 is 12.1 Å². The Morgan fingerprint density at radius 2 is 1.73 bits per heavy atom. The Hall–Kier alpha value is -3.93. The summed E-state index contributed by atoms with van der Waals surface area (Å²) in [6.07, 6.45) is -3.91. The van der Waals surface area contributed by atoms with Crippen molar-refractivity contribution in [2.75, 3.05) is 11.7 Å². The van der Waals surface area contributed by atoms with Gasteiger partial charge in [0.1, 0.15) is 18.3 Å². The maximum atomic E-state index is 13.8. The van der Waals surface area contributed by atoms with Crippen molar-refractivity contribution in [3.8, 4) is 5.75 Å². The van der Waals surface area contributed by atoms with E-state index in [0.29, 0.717) is 16.2 Å². The maximum Gasteiger partial charge on any atom is 0.408 e. The summed E-state index contributed by atoms with van der Waals surface area (Å²) >= 11 is 1.54. The summed E-state index contributed by atoms with van der Waals surface area (Å²) in [6, 6.07) is 11.6. The number of amides is 1. The molecule has 1 aromatic heterocycles. The van der Waals surface area contributed by atoms with Crippen LogP contribution in [-0.2, 0) is 5.75 Å². The fraction of sp³-hybridized carbons (Fsp3) is 0.240. The third kappa shape index (κ3) is 4.01. The monoisotopic (exact) mass is 531 g/mol. The SMILES string of the molecule is C[C@@H](N1CN([C@H]2c3ccccc3CSc3ccccc32)n2cc(C(=O)O)c(=O)c(O)c2C1=O)C(F)(F)F. The van der Waals surface area contributed by atoms with Crippen LogP contribution in [-0.4, -0.2) is 50.6 Å². The van der Waals surface area contributed by atoms with E-state index in [1.54, 1.807) is 12.1 Å². The highest BCUT2D eigenvalue weighted by molar-refractivity contribution is 7.98. The summed E-state index contributed by atoms with van der Waals surface area (Å²) in [5, 5.41) is 21.6. The number of hydrogen-bond donors (Lipinski definition) is 2. The second-order valence-electron chi connectivity index (χ2n) is 8.72. The smallest absolute Gasteiger partial charge is 0.408 e. The third-order valence-corrected chi connectivity index (χ3v) is 7.76. The van der Waals surface area contributed by atoms with E-state index in [1.807, 2.05) is 36.4 Å². The molecule has 2 aliphatic rings. The van der Waals surface area contributed by atoms with Crippen molar-refractivity contribution in [2.24, 2.45) is 0 Å². The van der Waals surface area contributed by atoms with E-state index in [1.165, 1.54) is 16.8 Å². The number of carbonyl (C=O) groups excluding carboxylic acids is 1. The predicted octanol–water partition coefficient (Wildman–Crippen LogP) is 3.95. The Labute approximate surface area is 212 Å². The zero-order chi connectivity index (χ0) is 26.6. The zero-order valence-electron chi connectivity index (χ0n) is 19.3. The Balaban J connectivity index is 1.83. The molecule has 0 fully saturated rings. The van der Waals surface area contributed by atoms with E-state index < -0.39 is 59.2 Å². The van der Waals surface area contributed by atoms with Gasteiger partial charge in [-0.1, -0.05) is 42.5 Å². The molecule has 3 heterocycles. The van der Waals surface area contributed by atoms with Crippen LogP contribution in [0.2, 0.25) is 0 Å². The first-order chi connectivity index (χ1) is 17.5. The number of benzene rings is 2. The third-order valence-electron chi connectivity index (χ3n) is 6.62. The van der Waals surface area contributed by atoms with Crippen LogP contribution in [0.1, 0.15) is 50.5 Å². The number of aromatic carboxylic acids is 1. The van der Waals surface area contributed by atoms with Gasteiger partial charge in [0.15, 0.2) is 11.4 Å². The topological polar surface area (TPSA) is 103 Å². The Morgan fingerprint density at radius 3 is 2.41 bits per heavy atom. The fourth-order valence-electron chi connectivity index (χ4n) is 4.66. The molecular formula is C25H20F3N3O5S. The lowest BCUT2D eigenvalue weighted by molar-refractivity contribution is -0.173. The fourth-order valence-corrected chi connectivity index (χ4v) is 5.76. The number of thioether (sulfide) groups is 1. The summed E-state index contributed by atoms with van der Waals surface area (Å²) in [5.74, 6) is -3.54. The van der Waals surface area contributed by atoms with E-state index in [0.717, 1.165) is 33.8 Å². The molecule has 0 bridgehead atoms. The van der Waals surface area contributed by atoms with Gasteiger partial charge in [-0.05, 0) is 29.7 Å². The minimum Gasteiger partial charge on any atom is -0.502 e. The number of aromatic nitrogens is 1. The van der Waals surface area contributed by atoms with Crippen LogP contribution in [0.4, 0.5) is 13.2 Å². The molecule has 0 radical (unpaired) electrons. The van der Waals surface area contributed by atoms with Gasteiger partial charge in [-0.15, -0.1) is 11.8 Å².